The molecular formula is C9H12F3N. The molecule has 1 heterocycles. The molecule has 0 aromatic carbocycles. The summed E-state index contributed by atoms with van der Waals surface area (Å²) in [6.07, 6.45) is -1.53. The molecule has 1 aliphatic heterocycles. The van der Waals surface area contributed by atoms with Crippen molar-refractivity contribution in [3.05, 3.63) is 23.4 Å². The van der Waals surface area contributed by atoms with Crippen molar-refractivity contribution in [3.8, 4) is 0 Å². The summed E-state index contributed by atoms with van der Waals surface area (Å²) < 4.78 is 36.8. The third kappa shape index (κ3) is 2.26. The van der Waals surface area contributed by atoms with Gasteiger partial charge >= 0.3 is 6.18 Å². The molecule has 0 radical (unpaired) electrons. The van der Waals surface area contributed by atoms with E-state index in [9.17, 15) is 13.2 Å². The van der Waals surface area contributed by atoms with Gasteiger partial charge in [0.15, 0.2) is 0 Å². The van der Waals surface area contributed by atoms with E-state index in [1.54, 1.807) is 4.90 Å². The molecule has 0 spiro atoms. The molecule has 1 rings (SSSR count). The molecule has 0 aromatic heterocycles. The first-order chi connectivity index (χ1) is 5.95. The van der Waals surface area contributed by atoms with Gasteiger partial charge in [0.2, 0.25) is 0 Å². The van der Waals surface area contributed by atoms with Crippen LogP contribution in [0.3, 0.4) is 0 Å². The van der Waals surface area contributed by atoms with Crippen LogP contribution in [0.4, 0.5) is 13.2 Å². The number of likely N-dealkylation sites (N-methyl/N-ethyl adjacent to an activating group) is 1. The van der Waals surface area contributed by atoms with Crippen molar-refractivity contribution in [2.75, 3.05) is 13.1 Å². The Hall–Kier alpha value is -0.930. The quantitative estimate of drug-likeness (QED) is 0.616. The Morgan fingerprint density at radius 3 is 2.46 bits per heavy atom. The summed E-state index contributed by atoms with van der Waals surface area (Å²) in [6.45, 7) is 4.24. The molecule has 4 heteroatoms. The lowest BCUT2D eigenvalue weighted by molar-refractivity contribution is -0.0954. The summed E-state index contributed by atoms with van der Waals surface area (Å²) in [4.78, 5) is 1.70. The normalized spacial score (nSPS) is 18.4. The zero-order valence-electron chi connectivity index (χ0n) is 7.65. The molecule has 0 N–H and O–H groups in total. The van der Waals surface area contributed by atoms with Crippen LogP contribution in [-0.4, -0.2) is 24.2 Å². The fourth-order valence-electron chi connectivity index (χ4n) is 1.25. The van der Waals surface area contributed by atoms with E-state index >= 15 is 0 Å². The van der Waals surface area contributed by atoms with Crippen molar-refractivity contribution < 1.29 is 13.2 Å². The van der Waals surface area contributed by atoms with Gasteiger partial charge in [0.05, 0.1) is 5.57 Å². The van der Waals surface area contributed by atoms with Crippen molar-refractivity contribution in [1.29, 1.82) is 0 Å². The van der Waals surface area contributed by atoms with Crippen molar-refractivity contribution in [1.82, 2.24) is 4.90 Å². The monoisotopic (exact) mass is 191 g/mol. The maximum atomic E-state index is 12.3. The number of alkyl halides is 3. The summed E-state index contributed by atoms with van der Waals surface area (Å²) in [5, 5.41) is 0. The number of halogens is 3. The molecule has 0 fully saturated rings. The fourth-order valence-corrected chi connectivity index (χ4v) is 1.25. The molecule has 1 nitrogen and oxygen atoms in total. The summed E-state index contributed by atoms with van der Waals surface area (Å²) in [6, 6.07) is 0. The largest absolute Gasteiger partial charge is 0.414 e. The Morgan fingerprint density at radius 2 is 2.00 bits per heavy atom. The van der Waals surface area contributed by atoms with Crippen molar-refractivity contribution in [2.24, 2.45) is 0 Å². The van der Waals surface area contributed by atoms with Gasteiger partial charge in [-0.05, 0) is 19.9 Å². The minimum absolute atomic E-state index is 0.0255. The van der Waals surface area contributed by atoms with Gasteiger partial charge in [-0.2, -0.15) is 13.2 Å². The zero-order chi connectivity index (χ0) is 10.1. The fraction of sp³-hybridized carbons (Fsp3) is 0.556. The first kappa shape index (κ1) is 10.2. The first-order valence-corrected chi connectivity index (χ1v) is 4.14. The summed E-state index contributed by atoms with van der Waals surface area (Å²) >= 11 is 0. The number of nitrogens with zero attached hydrogens (tertiary/aromatic N) is 1. The van der Waals surface area contributed by atoms with E-state index in [-0.39, 0.29) is 6.54 Å². The molecule has 0 atom stereocenters. The van der Waals surface area contributed by atoms with Gasteiger partial charge in [0.1, 0.15) is 0 Å². The smallest absolute Gasteiger partial charge is 0.371 e. The highest BCUT2D eigenvalue weighted by molar-refractivity contribution is 5.26. The maximum absolute atomic E-state index is 12.3. The summed E-state index contributed by atoms with van der Waals surface area (Å²) in [7, 11) is 0. The van der Waals surface area contributed by atoms with Crippen LogP contribution in [0, 0.1) is 0 Å². The van der Waals surface area contributed by atoms with E-state index in [2.05, 4.69) is 0 Å². The van der Waals surface area contributed by atoms with Crippen LogP contribution in [0.15, 0.2) is 23.4 Å². The lowest BCUT2D eigenvalue weighted by Crippen LogP contribution is -2.31. The lowest BCUT2D eigenvalue weighted by atomic mass is 10.1. The highest BCUT2D eigenvalue weighted by atomic mass is 19.4. The maximum Gasteiger partial charge on any atom is 0.414 e. The van der Waals surface area contributed by atoms with Gasteiger partial charge in [-0.3, -0.25) is 0 Å². The van der Waals surface area contributed by atoms with Gasteiger partial charge in [0.25, 0.3) is 0 Å². The zero-order valence-corrected chi connectivity index (χ0v) is 7.65. The van der Waals surface area contributed by atoms with Crippen LogP contribution >= 0.6 is 0 Å². The van der Waals surface area contributed by atoms with Crippen molar-refractivity contribution >= 4 is 0 Å². The molecule has 13 heavy (non-hydrogen) atoms. The van der Waals surface area contributed by atoms with Crippen LogP contribution in [0.25, 0.3) is 0 Å². The van der Waals surface area contributed by atoms with Gasteiger partial charge in [0, 0.05) is 18.8 Å². The van der Waals surface area contributed by atoms with Crippen LogP contribution in [0.1, 0.15) is 13.8 Å². The van der Waals surface area contributed by atoms with Gasteiger partial charge in [-0.15, -0.1) is 0 Å². The predicted molar refractivity (Wildman–Crippen MR) is 45.1 cm³/mol. The highest BCUT2D eigenvalue weighted by Gasteiger charge is 2.35. The molecule has 0 saturated carbocycles. The third-order valence-electron chi connectivity index (χ3n) is 2.13. The second-order valence-corrected chi connectivity index (χ2v) is 3.01. The van der Waals surface area contributed by atoms with Crippen molar-refractivity contribution in [3.63, 3.8) is 0 Å². The van der Waals surface area contributed by atoms with Gasteiger partial charge in [-0.1, -0.05) is 6.08 Å². The third-order valence-corrected chi connectivity index (χ3v) is 2.13. The van der Waals surface area contributed by atoms with Crippen LogP contribution in [-0.2, 0) is 0 Å². The molecule has 0 unspecified atom stereocenters. The van der Waals surface area contributed by atoms with E-state index in [0.29, 0.717) is 6.54 Å². The Morgan fingerprint density at radius 1 is 1.38 bits per heavy atom. The SMILES string of the molecule is CCN1CC(C(F)(F)F)=CC=C1C. The Balaban J connectivity index is 2.83. The van der Waals surface area contributed by atoms with E-state index in [4.69, 9.17) is 0 Å². The number of hydrogen-bond donors (Lipinski definition) is 0. The number of hydrogen-bond acceptors (Lipinski definition) is 1. The molecule has 0 amide bonds. The number of rotatable bonds is 1. The summed E-state index contributed by atoms with van der Waals surface area (Å²) in [5.74, 6) is 0. The summed E-state index contributed by atoms with van der Waals surface area (Å²) in [5.41, 5.74) is 0.412. The second kappa shape index (κ2) is 3.44. The average molecular weight is 191 g/mol. The minimum Gasteiger partial charge on any atom is -0.371 e. The Labute approximate surface area is 75.5 Å². The number of allylic oxidation sites excluding steroid dienone is 3. The minimum atomic E-state index is -4.19. The first-order valence-electron chi connectivity index (χ1n) is 4.14. The lowest BCUT2D eigenvalue weighted by Gasteiger charge is -2.28. The Bertz CT molecular complexity index is 250. The molecule has 1 aliphatic rings. The van der Waals surface area contributed by atoms with Crippen LogP contribution < -0.4 is 0 Å². The van der Waals surface area contributed by atoms with E-state index in [1.165, 1.54) is 6.08 Å². The second-order valence-electron chi connectivity index (χ2n) is 3.01. The van der Waals surface area contributed by atoms with Gasteiger partial charge < -0.3 is 4.90 Å². The standard InChI is InChI=1S/C9H12F3N/c1-3-13-6-8(9(10,11)12)5-4-7(13)2/h4-5H,3,6H2,1-2H3. The molecule has 0 saturated heterocycles. The highest BCUT2D eigenvalue weighted by Crippen LogP contribution is 2.29. The molecular weight excluding hydrogens is 179 g/mol. The molecule has 0 aliphatic carbocycles. The molecule has 0 bridgehead atoms. The van der Waals surface area contributed by atoms with Crippen molar-refractivity contribution in [2.45, 2.75) is 20.0 Å². The molecule has 74 valence electrons. The van der Waals surface area contributed by atoms with Crippen LogP contribution in [0.2, 0.25) is 0 Å². The predicted octanol–water partition coefficient (Wildman–Crippen LogP) is 2.71. The average Bonchev–Trinajstić information content (AvgIpc) is 2.03. The van der Waals surface area contributed by atoms with Crippen LogP contribution in [0.5, 0.6) is 0 Å². The van der Waals surface area contributed by atoms with E-state index in [1.807, 2.05) is 13.8 Å². The van der Waals surface area contributed by atoms with Gasteiger partial charge in [-0.25, -0.2) is 0 Å². The molecule has 0 aromatic rings. The van der Waals surface area contributed by atoms with E-state index < -0.39 is 11.7 Å². The Kier molecular flexibility index (Phi) is 2.68. The van der Waals surface area contributed by atoms with E-state index in [0.717, 1.165) is 11.8 Å². The topological polar surface area (TPSA) is 3.24 Å².